The first kappa shape index (κ1) is 26.4. The minimum atomic E-state index is 0. The molecule has 1 aromatic carbocycles. The highest BCUT2D eigenvalue weighted by molar-refractivity contribution is 14.0. The molecule has 176 valence electrons. The molecule has 2 heterocycles. The molecule has 2 N–H and O–H groups in total. The second-order valence-electron chi connectivity index (χ2n) is 9.52. The summed E-state index contributed by atoms with van der Waals surface area (Å²) in [6.07, 6.45) is 5.05. The molecule has 31 heavy (non-hydrogen) atoms. The van der Waals surface area contributed by atoms with Crippen LogP contribution in [0.15, 0.2) is 29.3 Å². The Morgan fingerprint density at radius 1 is 1.00 bits per heavy atom. The smallest absolute Gasteiger partial charge is 0.191 e. The van der Waals surface area contributed by atoms with E-state index in [2.05, 4.69) is 72.4 Å². The normalized spacial score (nSPS) is 20.0. The molecule has 5 nitrogen and oxygen atoms in total. The van der Waals surface area contributed by atoms with Crippen molar-refractivity contribution in [2.75, 3.05) is 32.7 Å². The zero-order valence-electron chi connectivity index (χ0n) is 20.1. The first-order chi connectivity index (χ1) is 14.5. The molecule has 0 atom stereocenters. The Morgan fingerprint density at radius 3 is 2.19 bits per heavy atom. The van der Waals surface area contributed by atoms with Crippen LogP contribution in [0.4, 0.5) is 0 Å². The van der Waals surface area contributed by atoms with Crippen molar-refractivity contribution in [2.45, 2.75) is 78.6 Å². The maximum atomic E-state index is 4.86. The number of benzene rings is 1. The molecule has 0 bridgehead atoms. The molecule has 0 radical (unpaired) electrons. The molecule has 2 aliphatic rings. The molecular weight excluding hydrogens is 497 g/mol. The van der Waals surface area contributed by atoms with Crippen LogP contribution in [0.5, 0.6) is 0 Å². The fourth-order valence-corrected chi connectivity index (χ4v) is 4.47. The Balaban J connectivity index is 0.00000341. The summed E-state index contributed by atoms with van der Waals surface area (Å²) in [7, 11) is 0. The van der Waals surface area contributed by atoms with Gasteiger partial charge in [-0.2, -0.15) is 0 Å². The van der Waals surface area contributed by atoms with Crippen LogP contribution in [-0.2, 0) is 13.1 Å². The Labute approximate surface area is 207 Å². The number of nitrogens with one attached hydrogen (secondary N) is 2. The van der Waals surface area contributed by atoms with Crippen molar-refractivity contribution in [3.8, 4) is 0 Å². The summed E-state index contributed by atoms with van der Waals surface area (Å²) in [5, 5.41) is 7.08. The number of guanidine groups is 1. The molecule has 6 heteroatoms. The predicted molar refractivity (Wildman–Crippen MR) is 143 cm³/mol. The molecule has 2 fully saturated rings. The number of aliphatic imine (C=N–C) groups is 1. The summed E-state index contributed by atoms with van der Waals surface area (Å²) in [6.45, 7) is 16.6. The largest absolute Gasteiger partial charge is 0.357 e. The van der Waals surface area contributed by atoms with Gasteiger partial charge < -0.3 is 15.5 Å². The lowest BCUT2D eigenvalue weighted by atomic mass is 9.99. The predicted octanol–water partition coefficient (Wildman–Crippen LogP) is 4.46. The van der Waals surface area contributed by atoms with Crippen molar-refractivity contribution < 1.29 is 0 Å². The van der Waals surface area contributed by atoms with Gasteiger partial charge in [-0.15, -0.1) is 24.0 Å². The average molecular weight is 542 g/mol. The second-order valence-corrected chi connectivity index (χ2v) is 9.52. The Morgan fingerprint density at radius 2 is 1.61 bits per heavy atom. The molecule has 2 saturated heterocycles. The van der Waals surface area contributed by atoms with Gasteiger partial charge in [-0.3, -0.25) is 4.90 Å². The van der Waals surface area contributed by atoms with Gasteiger partial charge in [0.15, 0.2) is 5.96 Å². The van der Waals surface area contributed by atoms with Crippen LogP contribution in [0.1, 0.15) is 64.5 Å². The lowest BCUT2D eigenvalue weighted by Gasteiger charge is -2.35. The molecule has 0 amide bonds. The molecular formula is C25H44IN5. The molecule has 0 spiro atoms. The van der Waals surface area contributed by atoms with Crippen LogP contribution in [0.2, 0.25) is 0 Å². The Kier molecular flexibility index (Phi) is 11.6. The molecule has 0 aromatic heterocycles. The van der Waals surface area contributed by atoms with E-state index in [1.54, 1.807) is 0 Å². The summed E-state index contributed by atoms with van der Waals surface area (Å²) in [4.78, 5) is 10.0. The van der Waals surface area contributed by atoms with Crippen LogP contribution in [-0.4, -0.2) is 60.6 Å². The van der Waals surface area contributed by atoms with E-state index in [0.717, 1.165) is 31.5 Å². The van der Waals surface area contributed by atoms with E-state index in [0.29, 0.717) is 12.1 Å². The average Bonchev–Trinajstić information content (AvgIpc) is 2.75. The zero-order valence-corrected chi connectivity index (χ0v) is 22.4. The van der Waals surface area contributed by atoms with E-state index < -0.39 is 0 Å². The maximum absolute atomic E-state index is 4.86. The lowest BCUT2D eigenvalue weighted by Crippen LogP contribution is -2.49. The highest BCUT2D eigenvalue weighted by Gasteiger charge is 2.21. The van der Waals surface area contributed by atoms with E-state index in [9.17, 15) is 0 Å². The number of likely N-dealkylation sites (tertiary alicyclic amines) is 2. The van der Waals surface area contributed by atoms with E-state index in [1.165, 1.54) is 63.0 Å². The van der Waals surface area contributed by atoms with Crippen LogP contribution in [0, 0.1) is 5.92 Å². The molecule has 2 aliphatic heterocycles. The van der Waals surface area contributed by atoms with Gasteiger partial charge in [0.25, 0.3) is 0 Å². The molecule has 0 unspecified atom stereocenters. The van der Waals surface area contributed by atoms with Gasteiger partial charge in [0.05, 0.1) is 6.54 Å². The van der Waals surface area contributed by atoms with Gasteiger partial charge in [0, 0.05) is 38.3 Å². The minimum absolute atomic E-state index is 0. The SMILES string of the molecule is CCNC(=NCc1ccc(CN2CCC(C)CC2)cc1)NC1CCN(C(C)C)CC1.I. The second kappa shape index (κ2) is 13.6. The van der Waals surface area contributed by atoms with Crippen molar-refractivity contribution in [1.29, 1.82) is 0 Å². The van der Waals surface area contributed by atoms with E-state index in [-0.39, 0.29) is 24.0 Å². The third kappa shape index (κ3) is 8.89. The van der Waals surface area contributed by atoms with E-state index in [1.807, 2.05) is 0 Å². The molecule has 3 rings (SSSR count). The lowest BCUT2D eigenvalue weighted by molar-refractivity contribution is 0.167. The van der Waals surface area contributed by atoms with Crippen LogP contribution in [0.3, 0.4) is 0 Å². The Hall–Kier alpha value is -0.860. The summed E-state index contributed by atoms with van der Waals surface area (Å²) in [6, 6.07) is 10.2. The minimum Gasteiger partial charge on any atom is -0.357 e. The molecule has 0 saturated carbocycles. The van der Waals surface area contributed by atoms with Crippen molar-refractivity contribution in [2.24, 2.45) is 10.9 Å². The summed E-state index contributed by atoms with van der Waals surface area (Å²) in [5.41, 5.74) is 2.69. The van der Waals surface area contributed by atoms with Crippen molar-refractivity contribution in [3.05, 3.63) is 35.4 Å². The van der Waals surface area contributed by atoms with E-state index in [4.69, 9.17) is 4.99 Å². The summed E-state index contributed by atoms with van der Waals surface area (Å²) in [5.74, 6) is 1.84. The first-order valence-electron chi connectivity index (χ1n) is 12.1. The van der Waals surface area contributed by atoms with Gasteiger partial charge in [-0.25, -0.2) is 4.99 Å². The van der Waals surface area contributed by atoms with Crippen LogP contribution >= 0.6 is 24.0 Å². The number of nitrogens with zero attached hydrogens (tertiary/aromatic N) is 3. The third-order valence-electron chi connectivity index (χ3n) is 6.67. The van der Waals surface area contributed by atoms with Crippen molar-refractivity contribution in [3.63, 3.8) is 0 Å². The summed E-state index contributed by atoms with van der Waals surface area (Å²) >= 11 is 0. The van der Waals surface area contributed by atoms with Gasteiger partial charge >= 0.3 is 0 Å². The highest BCUT2D eigenvalue weighted by Crippen LogP contribution is 2.18. The fourth-order valence-electron chi connectivity index (χ4n) is 4.47. The highest BCUT2D eigenvalue weighted by atomic mass is 127. The first-order valence-corrected chi connectivity index (χ1v) is 12.1. The number of hydrogen-bond acceptors (Lipinski definition) is 3. The quantitative estimate of drug-likeness (QED) is 0.304. The van der Waals surface area contributed by atoms with Crippen LogP contribution < -0.4 is 10.6 Å². The fraction of sp³-hybridized carbons (Fsp3) is 0.720. The zero-order chi connectivity index (χ0) is 21.3. The van der Waals surface area contributed by atoms with Crippen LogP contribution in [0.25, 0.3) is 0 Å². The van der Waals surface area contributed by atoms with Crippen molar-refractivity contribution in [1.82, 2.24) is 20.4 Å². The number of piperidine rings is 2. The molecule has 1 aromatic rings. The van der Waals surface area contributed by atoms with E-state index >= 15 is 0 Å². The molecule has 0 aliphatic carbocycles. The van der Waals surface area contributed by atoms with Gasteiger partial charge in [0.2, 0.25) is 0 Å². The number of halogens is 1. The monoisotopic (exact) mass is 541 g/mol. The topological polar surface area (TPSA) is 42.9 Å². The number of hydrogen-bond donors (Lipinski definition) is 2. The Bertz CT molecular complexity index is 644. The standard InChI is InChI=1S/C25H43N5.HI/c1-5-26-25(28-24-12-16-30(17-13-24)20(2)3)27-18-22-6-8-23(9-7-22)19-29-14-10-21(4)11-15-29;/h6-9,20-21,24H,5,10-19H2,1-4H3,(H2,26,27,28);1H. The van der Waals surface area contributed by atoms with Gasteiger partial charge in [-0.1, -0.05) is 31.2 Å². The van der Waals surface area contributed by atoms with Gasteiger partial charge in [0.1, 0.15) is 0 Å². The number of rotatable bonds is 7. The summed E-state index contributed by atoms with van der Waals surface area (Å²) < 4.78 is 0. The maximum Gasteiger partial charge on any atom is 0.191 e. The van der Waals surface area contributed by atoms with Gasteiger partial charge in [-0.05, 0) is 76.6 Å². The van der Waals surface area contributed by atoms with Crippen molar-refractivity contribution >= 4 is 29.9 Å². The third-order valence-corrected chi connectivity index (χ3v) is 6.67.